The Morgan fingerprint density at radius 3 is 2.29 bits per heavy atom. The highest BCUT2D eigenvalue weighted by molar-refractivity contribution is 6.07. The molecular formula is C25H23N3O3. The molecule has 0 aromatic heterocycles. The van der Waals surface area contributed by atoms with Crippen molar-refractivity contribution in [3.63, 3.8) is 0 Å². The second-order valence-corrected chi connectivity index (χ2v) is 7.40. The Hall–Kier alpha value is -3.93. The Morgan fingerprint density at radius 1 is 0.806 bits per heavy atom. The molecule has 0 unspecified atom stereocenters. The third-order valence-corrected chi connectivity index (χ3v) is 5.20. The average Bonchev–Trinajstić information content (AvgIpc) is 3.23. The lowest BCUT2D eigenvalue weighted by atomic mass is 10.1. The van der Waals surface area contributed by atoms with Gasteiger partial charge in [0.25, 0.3) is 5.91 Å². The number of nitrogens with one attached hydrogen (secondary N) is 2. The molecule has 0 fully saturated rings. The molecule has 0 radical (unpaired) electrons. The van der Waals surface area contributed by atoms with Gasteiger partial charge < -0.3 is 15.5 Å². The maximum absolute atomic E-state index is 12.9. The average molecular weight is 413 g/mol. The van der Waals surface area contributed by atoms with Crippen LogP contribution in [0.4, 0.5) is 11.4 Å². The Labute approximate surface area is 180 Å². The van der Waals surface area contributed by atoms with E-state index in [9.17, 15) is 14.4 Å². The highest BCUT2D eigenvalue weighted by Crippen LogP contribution is 2.29. The molecule has 1 aliphatic heterocycles. The van der Waals surface area contributed by atoms with Crippen LogP contribution in [0.15, 0.2) is 78.9 Å². The van der Waals surface area contributed by atoms with Crippen LogP contribution in [0.3, 0.4) is 0 Å². The van der Waals surface area contributed by atoms with Gasteiger partial charge in [0.05, 0.1) is 13.0 Å². The third-order valence-electron chi connectivity index (χ3n) is 5.20. The Balaban J connectivity index is 1.29. The zero-order valence-corrected chi connectivity index (χ0v) is 17.0. The van der Waals surface area contributed by atoms with Gasteiger partial charge in [0, 0.05) is 23.5 Å². The summed E-state index contributed by atoms with van der Waals surface area (Å²) >= 11 is 0. The molecule has 156 valence electrons. The van der Waals surface area contributed by atoms with E-state index in [1.54, 1.807) is 29.2 Å². The summed E-state index contributed by atoms with van der Waals surface area (Å²) in [7, 11) is 0. The van der Waals surface area contributed by atoms with Crippen molar-refractivity contribution < 1.29 is 14.4 Å². The Kier molecular flexibility index (Phi) is 6.08. The minimum Gasteiger partial charge on any atom is -0.347 e. The van der Waals surface area contributed by atoms with E-state index in [1.165, 1.54) is 5.56 Å². The van der Waals surface area contributed by atoms with Crippen molar-refractivity contribution in [2.24, 2.45) is 0 Å². The largest absolute Gasteiger partial charge is 0.347 e. The number of rotatable bonds is 6. The number of para-hydroxylation sites is 1. The van der Waals surface area contributed by atoms with E-state index in [0.29, 0.717) is 17.8 Å². The summed E-state index contributed by atoms with van der Waals surface area (Å²) in [5.74, 6) is -0.599. The normalized spacial score (nSPS) is 12.2. The molecule has 0 saturated carbocycles. The fraction of sp³-hybridized carbons (Fsp3) is 0.160. The van der Waals surface area contributed by atoms with E-state index in [4.69, 9.17) is 0 Å². The van der Waals surface area contributed by atoms with E-state index in [1.807, 2.05) is 54.6 Å². The lowest BCUT2D eigenvalue weighted by Gasteiger charge is -2.17. The van der Waals surface area contributed by atoms with Crippen molar-refractivity contribution in [1.29, 1.82) is 0 Å². The van der Waals surface area contributed by atoms with E-state index < -0.39 is 0 Å². The molecule has 4 rings (SSSR count). The minimum absolute atomic E-state index is 0.0593. The van der Waals surface area contributed by atoms with Crippen molar-refractivity contribution in [3.05, 3.63) is 95.6 Å². The van der Waals surface area contributed by atoms with Crippen LogP contribution in [-0.2, 0) is 22.4 Å². The molecule has 2 N–H and O–H groups in total. The van der Waals surface area contributed by atoms with Crippen LogP contribution >= 0.6 is 0 Å². The lowest BCUT2D eigenvalue weighted by molar-refractivity contribution is -0.123. The molecule has 6 nitrogen and oxygen atoms in total. The molecule has 3 aromatic carbocycles. The van der Waals surface area contributed by atoms with Crippen LogP contribution in [0.5, 0.6) is 0 Å². The van der Waals surface area contributed by atoms with Crippen LogP contribution in [-0.4, -0.2) is 30.8 Å². The standard InChI is InChI=1S/C25H23N3O3/c29-23(16-18-6-2-1-3-7-18)26-17-24(30)27-21-12-10-20(11-13-21)25(31)28-15-14-19-8-4-5-9-22(19)28/h1-13H,14-17H2,(H,26,29)(H,27,30). The van der Waals surface area contributed by atoms with E-state index in [2.05, 4.69) is 10.6 Å². The molecule has 3 aromatic rings. The first kappa shape index (κ1) is 20.3. The summed E-state index contributed by atoms with van der Waals surface area (Å²) in [6.45, 7) is 0.552. The zero-order chi connectivity index (χ0) is 21.6. The number of hydrogen-bond donors (Lipinski definition) is 2. The number of anilines is 2. The fourth-order valence-electron chi connectivity index (χ4n) is 3.63. The number of amides is 3. The van der Waals surface area contributed by atoms with Crippen LogP contribution < -0.4 is 15.5 Å². The third kappa shape index (κ3) is 4.98. The number of nitrogens with zero attached hydrogens (tertiary/aromatic N) is 1. The van der Waals surface area contributed by atoms with Gasteiger partial charge in [-0.15, -0.1) is 0 Å². The van der Waals surface area contributed by atoms with Crippen molar-refractivity contribution in [2.45, 2.75) is 12.8 Å². The number of benzene rings is 3. The number of fused-ring (bicyclic) bond motifs is 1. The second-order valence-electron chi connectivity index (χ2n) is 7.40. The highest BCUT2D eigenvalue weighted by Gasteiger charge is 2.25. The summed E-state index contributed by atoms with van der Waals surface area (Å²) in [6, 6.07) is 24.1. The lowest BCUT2D eigenvalue weighted by Crippen LogP contribution is -2.33. The summed E-state index contributed by atoms with van der Waals surface area (Å²) in [5, 5.41) is 5.35. The molecule has 0 spiro atoms. The van der Waals surface area contributed by atoms with Crippen molar-refractivity contribution in [1.82, 2.24) is 5.32 Å². The molecule has 0 aliphatic carbocycles. The van der Waals surface area contributed by atoms with E-state index in [0.717, 1.165) is 17.7 Å². The topological polar surface area (TPSA) is 78.5 Å². The first-order valence-electron chi connectivity index (χ1n) is 10.2. The van der Waals surface area contributed by atoms with Gasteiger partial charge in [-0.05, 0) is 47.9 Å². The molecule has 1 heterocycles. The van der Waals surface area contributed by atoms with Gasteiger partial charge in [0.1, 0.15) is 0 Å². The maximum atomic E-state index is 12.9. The first-order valence-corrected chi connectivity index (χ1v) is 10.2. The van der Waals surface area contributed by atoms with Gasteiger partial charge in [-0.1, -0.05) is 48.5 Å². The number of carbonyl (C=O) groups excluding carboxylic acids is 3. The minimum atomic E-state index is -0.325. The van der Waals surface area contributed by atoms with Crippen molar-refractivity contribution in [3.8, 4) is 0 Å². The molecule has 0 atom stereocenters. The van der Waals surface area contributed by atoms with Gasteiger partial charge in [0.15, 0.2) is 0 Å². The monoisotopic (exact) mass is 413 g/mol. The molecule has 6 heteroatoms. The van der Waals surface area contributed by atoms with Crippen molar-refractivity contribution >= 4 is 29.1 Å². The van der Waals surface area contributed by atoms with Crippen LogP contribution in [0.2, 0.25) is 0 Å². The number of carbonyl (C=O) groups is 3. The fourth-order valence-corrected chi connectivity index (χ4v) is 3.63. The van der Waals surface area contributed by atoms with Crippen LogP contribution in [0, 0.1) is 0 Å². The van der Waals surface area contributed by atoms with Crippen LogP contribution in [0.1, 0.15) is 21.5 Å². The second kappa shape index (κ2) is 9.26. The first-order chi connectivity index (χ1) is 15.1. The number of hydrogen-bond acceptors (Lipinski definition) is 3. The molecule has 31 heavy (non-hydrogen) atoms. The molecule has 1 aliphatic rings. The predicted molar refractivity (Wildman–Crippen MR) is 120 cm³/mol. The molecule has 0 bridgehead atoms. The summed E-state index contributed by atoms with van der Waals surface area (Å²) < 4.78 is 0. The van der Waals surface area contributed by atoms with Crippen molar-refractivity contribution in [2.75, 3.05) is 23.3 Å². The summed E-state index contributed by atoms with van der Waals surface area (Å²) in [5.41, 5.74) is 4.15. The molecular weight excluding hydrogens is 390 g/mol. The predicted octanol–water partition coefficient (Wildman–Crippen LogP) is 3.19. The summed E-state index contributed by atoms with van der Waals surface area (Å²) in [6.07, 6.45) is 1.08. The SMILES string of the molecule is O=C(Cc1ccccc1)NCC(=O)Nc1ccc(C(=O)N2CCc3ccccc32)cc1. The van der Waals surface area contributed by atoms with E-state index in [-0.39, 0.29) is 30.7 Å². The van der Waals surface area contributed by atoms with Crippen LogP contribution in [0.25, 0.3) is 0 Å². The molecule has 3 amide bonds. The zero-order valence-electron chi connectivity index (χ0n) is 17.0. The van der Waals surface area contributed by atoms with Gasteiger partial charge in [0.2, 0.25) is 11.8 Å². The molecule has 0 saturated heterocycles. The van der Waals surface area contributed by atoms with Gasteiger partial charge in [-0.3, -0.25) is 14.4 Å². The quantitative estimate of drug-likeness (QED) is 0.652. The Morgan fingerprint density at radius 2 is 1.52 bits per heavy atom. The van der Waals surface area contributed by atoms with Gasteiger partial charge >= 0.3 is 0 Å². The van der Waals surface area contributed by atoms with E-state index >= 15 is 0 Å². The summed E-state index contributed by atoms with van der Waals surface area (Å²) in [4.78, 5) is 38.7. The maximum Gasteiger partial charge on any atom is 0.258 e. The Bertz CT molecular complexity index is 1090. The van der Waals surface area contributed by atoms with Gasteiger partial charge in [-0.25, -0.2) is 0 Å². The smallest absolute Gasteiger partial charge is 0.258 e. The van der Waals surface area contributed by atoms with Gasteiger partial charge in [-0.2, -0.15) is 0 Å². The highest BCUT2D eigenvalue weighted by atomic mass is 16.2.